The number of carbonyl (C=O) groups is 1. The summed E-state index contributed by atoms with van der Waals surface area (Å²) in [5.41, 5.74) is 1.64. The van der Waals surface area contributed by atoms with Crippen LogP contribution in [0, 0.1) is 6.92 Å². The molecule has 0 bridgehead atoms. The lowest BCUT2D eigenvalue weighted by atomic mass is 10.1. The monoisotopic (exact) mass is 281 g/mol. The Morgan fingerprint density at radius 3 is 2.45 bits per heavy atom. The molecule has 0 aliphatic carbocycles. The van der Waals surface area contributed by atoms with E-state index in [1.165, 1.54) is 0 Å². The highest BCUT2D eigenvalue weighted by atomic mass is 16.6. The fraction of sp³-hybridized carbons (Fsp3) is 0.533. The number of aliphatic hydroxyl groups is 1. The number of esters is 1. The van der Waals surface area contributed by atoms with E-state index < -0.39 is 6.29 Å². The molecule has 1 saturated heterocycles. The molecule has 1 fully saturated rings. The Bertz CT molecular complexity index is 405. The SMILES string of the molecule is CNC.Cc1ccc(C(=O)OCC2CCC(O)O2)cc1. The first-order chi connectivity index (χ1) is 9.56. The van der Waals surface area contributed by atoms with Crippen molar-refractivity contribution >= 4 is 5.97 Å². The summed E-state index contributed by atoms with van der Waals surface area (Å²) in [5, 5.41) is 11.9. The molecule has 0 spiro atoms. The molecule has 112 valence electrons. The Hall–Kier alpha value is -1.43. The predicted molar refractivity (Wildman–Crippen MR) is 76.6 cm³/mol. The van der Waals surface area contributed by atoms with Crippen molar-refractivity contribution in [3.05, 3.63) is 35.4 Å². The molecular weight excluding hydrogens is 258 g/mol. The first kappa shape index (κ1) is 16.6. The van der Waals surface area contributed by atoms with Gasteiger partial charge in [-0.05, 0) is 39.6 Å². The van der Waals surface area contributed by atoms with Gasteiger partial charge >= 0.3 is 5.97 Å². The summed E-state index contributed by atoms with van der Waals surface area (Å²) in [6.07, 6.45) is 0.437. The van der Waals surface area contributed by atoms with Crippen molar-refractivity contribution in [3.8, 4) is 0 Å². The molecule has 1 aromatic rings. The van der Waals surface area contributed by atoms with Gasteiger partial charge in [-0.25, -0.2) is 4.79 Å². The van der Waals surface area contributed by atoms with Gasteiger partial charge in [-0.2, -0.15) is 0 Å². The fourth-order valence-corrected chi connectivity index (χ4v) is 1.75. The van der Waals surface area contributed by atoms with Crippen molar-refractivity contribution in [2.24, 2.45) is 0 Å². The molecule has 1 aromatic carbocycles. The molecular formula is C15H23NO4. The molecule has 20 heavy (non-hydrogen) atoms. The zero-order valence-electron chi connectivity index (χ0n) is 12.3. The quantitative estimate of drug-likeness (QED) is 0.822. The largest absolute Gasteiger partial charge is 0.459 e. The summed E-state index contributed by atoms with van der Waals surface area (Å²) in [5.74, 6) is -0.352. The maximum absolute atomic E-state index is 11.7. The fourth-order valence-electron chi connectivity index (χ4n) is 1.75. The average molecular weight is 281 g/mol. The van der Waals surface area contributed by atoms with Crippen LogP contribution in [0.15, 0.2) is 24.3 Å². The lowest BCUT2D eigenvalue weighted by Crippen LogP contribution is -2.19. The first-order valence-corrected chi connectivity index (χ1v) is 6.72. The Morgan fingerprint density at radius 2 is 1.95 bits per heavy atom. The lowest BCUT2D eigenvalue weighted by molar-refractivity contribution is -0.103. The lowest BCUT2D eigenvalue weighted by Gasteiger charge is -2.11. The smallest absolute Gasteiger partial charge is 0.338 e. The van der Waals surface area contributed by atoms with Gasteiger partial charge in [0.1, 0.15) is 6.61 Å². The van der Waals surface area contributed by atoms with E-state index in [2.05, 4.69) is 5.32 Å². The third kappa shape index (κ3) is 5.69. The molecule has 0 saturated carbocycles. The Kier molecular flexibility index (Phi) is 7.22. The maximum atomic E-state index is 11.7. The van der Waals surface area contributed by atoms with Crippen LogP contribution < -0.4 is 5.32 Å². The third-order valence-electron chi connectivity index (χ3n) is 2.77. The van der Waals surface area contributed by atoms with Crippen molar-refractivity contribution in [2.45, 2.75) is 32.2 Å². The van der Waals surface area contributed by atoms with Crippen molar-refractivity contribution in [3.63, 3.8) is 0 Å². The van der Waals surface area contributed by atoms with Crippen molar-refractivity contribution in [2.75, 3.05) is 20.7 Å². The van der Waals surface area contributed by atoms with Crippen LogP contribution in [-0.4, -0.2) is 44.2 Å². The summed E-state index contributed by atoms with van der Waals surface area (Å²) >= 11 is 0. The van der Waals surface area contributed by atoms with Gasteiger partial charge in [-0.1, -0.05) is 17.7 Å². The van der Waals surface area contributed by atoms with E-state index in [-0.39, 0.29) is 18.7 Å². The molecule has 5 nitrogen and oxygen atoms in total. The van der Waals surface area contributed by atoms with Gasteiger partial charge in [0.05, 0.1) is 11.7 Å². The molecule has 2 rings (SSSR count). The summed E-state index contributed by atoms with van der Waals surface area (Å²) in [6.45, 7) is 2.16. The first-order valence-electron chi connectivity index (χ1n) is 6.72. The number of benzene rings is 1. The third-order valence-corrected chi connectivity index (χ3v) is 2.77. The van der Waals surface area contributed by atoms with Gasteiger partial charge in [-0.3, -0.25) is 0 Å². The highest BCUT2D eigenvalue weighted by Crippen LogP contribution is 2.18. The molecule has 2 unspecified atom stereocenters. The molecule has 2 N–H and O–H groups in total. The number of aryl methyl sites for hydroxylation is 1. The number of aliphatic hydroxyl groups excluding tert-OH is 1. The number of hydrogen-bond acceptors (Lipinski definition) is 5. The van der Waals surface area contributed by atoms with Crippen LogP contribution in [0.1, 0.15) is 28.8 Å². The molecule has 2 atom stereocenters. The summed E-state index contributed by atoms with van der Waals surface area (Å²) < 4.78 is 10.3. The zero-order chi connectivity index (χ0) is 15.0. The Morgan fingerprint density at radius 1 is 1.35 bits per heavy atom. The highest BCUT2D eigenvalue weighted by Gasteiger charge is 2.24. The van der Waals surface area contributed by atoms with Gasteiger partial charge in [-0.15, -0.1) is 0 Å². The van der Waals surface area contributed by atoms with Crippen molar-refractivity contribution in [1.82, 2.24) is 5.32 Å². The van der Waals surface area contributed by atoms with Crippen LogP contribution in [0.2, 0.25) is 0 Å². The summed E-state index contributed by atoms with van der Waals surface area (Å²) in [4.78, 5) is 11.7. The normalized spacial score (nSPS) is 21.0. The van der Waals surface area contributed by atoms with Gasteiger partial charge in [0.15, 0.2) is 6.29 Å². The second-order valence-electron chi connectivity index (χ2n) is 4.75. The standard InChI is InChI=1S/C13H16O4.C2H7N/c1-9-2-4-10(5-3-9)13(15)16-8-11-6-7-12(14)17-11;1-3-2/h2-5,11-12,14H,6-8H2,1H3;3H,1-2H3. The predicted octanol–water partition coefficient (Wildman–Crippen LogP) is 1.48. The molecule has 1 aliphatic rings. The number of ether oxygens (including phenoxy) is 2. The van der Waals surface area contributed by atoms with Crippen LogP contribution in [0.5, 0.6) is 0 Å². The van der Waals surface area contributed by atoms with Crippen molar-refractivity contribution < 1.29 is 19.4 Å². The molecule has 0 amide bonds. The van der Waals surface area contributed by atoms with Gasteiger partial charge in [0.25, 0.3) is 0 Å². The van der Waals surface area contributed by atoms with E-state index in [0.717, 1.165) is 12.0 Å². The van der Waals surface area contributed by atoms with Gasteiger partial charge < -0.3 is 19.9 Å². The molecule has 0 radical (unpaired) electrons. The molecule has 1 aliphatic heterocycles. The molecule has 5 heteroatoms. The van der Waals surface area contributed by atoms with E-state index >= 15 is 0 Å². The van der Waals surface area contributed by atoms with Gasteiger partial charge in [0.2, 0.25) is 0 Å². The summed E-state index contributed by atoms with van der Waals surface area (Å²) in [6, 6.07) is 7.21. The highest BCUT2D eigenvalue weighted by molar-refractivity contribution is 5.89. The Balaban J connectivity index is 0.000000612. The van der Waals surface area contributed by atoms with E-state index in [4.69, 9.17) is 14.6 Å². The minimum Gasteiger partial charge on any atom is -0.459 e. The van der Waals surface area contributed by atoms with Crippen molar-refractivity contribution in [1.29, 1.82) is 0 Å². The number of rotatable bonds is 3. The van der Waals surface area contributed by atoms with E-state index in [9.17, 15) is 4.79 Å². The molecule has 0 aromatic heterocycles. The van der Waals surface area contributed by atoms with Crippen LogP contribution >= 0.6 is 0 Å². The number of carbonyl (C=O) groups excluding carboxylic acids is 1. The second-order valence-corrected chi connectivity index (χ2v) is 4.75. The van der Waals surface area contributed by atoms with E-state index in [1.54, 1.807) is 12.1 Å². The van der Waals surface area contributed by atoms with E-state index in [1.807, 2.05) is 33.2 Å². The topological polar surface area (TPSA) is 67.8 Å². The number of nitrogens with one attached hydrogen (secondary N) is 1. The average Bonchev–Trinajstić information content (AvgIpc) is 2.84. The van der Waals surface area contributed by atoms with Gasteiger partial charge in [0, 0.05) is 6.42 Å². The van der Waals surface area contributed by atoms with Crippen LogP contribution in [-0.2, 0) is 9.47 Å². The summed E-state index contributed by atoms with van der Waals surface area (Å²) in [7, 11) is 3.75. The zero-order valence-corrected chi connectivity index (χ0v) is 12.3. The number of hydrogen-bond donors (Lipinski definition) is 2. The van der Waals surface area contributed by atoms with Crippen LogP contribution in [0.3, 0.4) is 0 Å². The molecule has 1 heterocycles. The van der Waals surface area contributed by atoms with Crippen LogP contribution in [0.4, 0.5) is 0 Å². The van der Waals surface area contributed by atoms with E-state index in [0.29, 0.717) is 12.0 Å². The minimum absolute atomic E-state index is 0.181. The Labute approximate surface area is 119 Å². The van der Waals surface area contributed by atoms with Crippen LogP contribution in [0.25, 0.3) is 0 Å². The maximum Gasteiger partial charge on any atom is 0.338 e. The second kappa shape index (κ2) is 8.68. The minimum atomic E-state index is -0.710.